The first kappa shape index (κ1) is 24.9. The molecule has 0 saturated carbocycles. The van der Waals surface area contributed by atoms with Gasteiger partial charge in [0.1, 0.15) is 0 Å². The molecule has 0 radical (unpaired) electrons. The van der Waals surface area contributed by atoms with Gasteiger partial charge in [-0.1, -0.05) is 27.7 Å². The van der Waals surface area contributed by atoms with Gasteiger partial charge in [0.25, 0.3) is 0 Å². The number of hydrogen-bond donors (Lipinski definition) is 0. The second-order valence-electron chi connectivity index (χ2n) is 4.93. The van der Waals surface area contributed by atoms with E-state index in [2.05, 4.69) is 97.9 Å². The average Bonchev–Trinajstić information content (AvgIpc) is 2.76. The summed E-state index contributed by atoms with van der Waals surface area (Å²) in [7, 11) is 0. The van der Waals surface area contributed by atoms with E-state index in [1.165, 1.54) is 26.1 Å². The normalized spacial score (nSPS) is 8.00. The molecule has 2 aromatic rings. The van der Waals surface area contributed by atoms with Crippen LogP contribution in [-0.2, 0) is 20.0 Å². The topological polar surface area (TPSA) is 0 Å². The molecule has 0 N–H and O–H groups in total. The third kappa shape index (κ3) is 15.9. The van der Waals surface area contributed by atoms with Gasteiger partial charge >= 0.3 is 37.6 Å². The van der Waals surface area contributed by atoms with Crippen LogP contribution in [0.4, 0.5) is 0 Å². The van der Waals surface area contributed by atoms with Gasteiger partial charge in [0, 0.05) is 0 Å². The summed E-state index contributed by atoms with van der Waals surface area (Å²) in [6, 6.07) is 12.8. The molecule has 0 aliphatic heterocycles. The van der Waals surface area contributed by atoms with Crippen LogP contribution >= 0.6 is 0 Å². The van der Waals surface area contributed by atoms with Gasteiger partial charge in [-0.05, 0) is 0 Å². The van der Waals surface area contributed by atoms with E-state index in [1.54, 1.807) is 0 Å². The van der Waals surface area contributed by atoms with Gasteiger partial charge < -0.3 is 24.8 Å². The Morgan fingerprint density at radius 1 is 0.800 bits per heavy atom. The maximum absolute atomic E-state index is 2.17. The minimum absolute atomic E-state index is 0. The molecule has 0 saturated heterocycles. The fraction of sp³-hybridized carbons (Fsp3) is 0.353. The van der Waals surface area contributed by atoms with E-state index in [4.69, 9.17) is 0 Å². The van der Waals surface area contributed by atoms with Crippen molar-refractivity contribution in [3.8, 4) is 0 Å². The fourth-order valence-electron chi connectivity index (χ4n) is 1.44. The van der Waals surface area contributed by atoms with Gasteiger partial charge in [-0.15, -0.1) is 0 Å². The Kier molecular flexibility index (Phi) is 17.2. The first-order valence-electron chi connectivity index (χ1n) is 6.23. The Hall–Kier alpha value is -0.136. The van der Waals surface area contributed by atoms with E-state index in [0.717, 1.165) is 0 Å². The van der Waals surface area contributed by atoms with Crippen molar-refractivity contribution in [1.29, 1.82) is 0 Å². The quantitative estimate of drug-likeness (QED) is 0.415. The maximum atomic E-state index is 2.17. The molecule has 2 aromatic carbocycles. The summed E-state index contributed by atoms with van der Waals surface area (Å²) < 4.78 is 1.42. The van der Waals surface area contributed by atoms with E-state index in [9.17, 15) is 0 Å². The summed E-state index contributed by atoms with van der Waals surface area (Å²) in [6.45, 7) is 12.6. The zero-order chi connectivity index (χ0) is 14.1. The molecular formula is C17H24Cl2Ti-2. The SMILES string of the molecule is C[C](C)=[Ti+2].Cc1c[cH-]c(C)c1.Cc1c[cH-]c(C)c1.[Cl-].[Cl-]. The molecule has 0 fully saturated rings. The monoisotopic (exact) mass is 346 g/mol. The molecular weight excluding hydrogens is 323 g/mol. The molecule has 0 heterocycles. The van der Waals surface area contributed by atoms with Crippen molar-refractivity contribution in [2.75, 3.05) is 0 Å². The van der Waals surface area contributed by atoms with E-state index < -0.39 is 0 Å². The van der Waals surface area contributed by atoms with Crippen LogP contribution < -0.4 is 24.8 Å². The summed E-state index contributed by atoms with van der Waals surface area (Å²) in [5.74, 6) is 0. The fourth-order valence-corrected chi connectivity index (χ4v) is 1.44. The van der Waals surface area contributed by atoms with Crippen molar-refractivity contribution in [1.82, 2.24) is 0 Å². The van der Waals surface area contributed by atoms with Crippen LogP contribution in [0.2, 0.25) is 0 Å². The van der Waals surface area contributed by atoms with Gasteiger partial charge in [-0.3, -0.25) is 0 Å². The molecule has 0 unspecified atom stereocenters. The molecule has 20 heavy (non-hydrogen) atoms. The molecule has 2 rings (SSSR count). The van der Waals surface area contributed by atoms with Gasteiger partial charge in [0.05, 0.1) is 0 Å². The third-order valence-corrected chi connectivity index (χ3v) is 2.13. The first-order valence-corrected chi connectivity index (χ1v) is 7.01. The van der Waals surface area contributed by atoms with Crippen LogP contribution in [0, 0.1) is 27.7 Å². The minimum Gasteiger partial charge on any atom is -1.00 e. The van der Waals surface area contributed by atoms with E-state index >= 15 is 0 Å². The smallest absolute Gasteiger partial charge is 0.0635 e. The summed E-state index contributed by atoms with van der Waals surface area (Å²) in [5.41, 5.74) is 5.44. The number of halogens is 2. The Balaban J connectivity index is -0.000000215. The first-order chi connectivity index (χ1) is 8.31. The molecule has 0 aliphatic carbocycles. The van der Waals surface area contributed by atoms with Crippen LogP contribution in [0.1, 0.15) is 36.1 Å². The van der Waals surface area contributed by atoms with Gasteiger partial charge in [-0.25, -0.2) is 23.3 Å². The van der Waals surface area contributed by atoms with Crippen molar-refractivity contribution in [3.05, 3.63) is 58.7 Å². The van der Waals surface area contributed by atoms with Gasteiger partial charge in [0.2, 0.25) is 0 Å². The predicted octanol–water partition coefficient (Wildman–Crippen LogP) is -1.20. The largest absolute Gasteiger partial charge is 1.00 e. The van der Waals surface area contributed by atoms with Crippen molar-refractivity contribution >= 4 is 3.81 Å². The predicted molar refractivity (Wildman–Crippen MR) is 79.4 cm³/mol. The molecule has 0 atom stereocenters. The van der Waals surface area contributed by atoms with Crippen molar-refractivity contribution in [2.24, 2.45) is 0 Å². The third-order valence-electron chi connectivity index (χ3n) is 2.13. The molecule has 0 spiro atoms. The maximum Gasteiger partial charge on any atom is -0.0635 e. The minimum atomic E-state index is 0. The van der Waals surface area contributed by atoms with Gasteiger partial charge in [-0.2, -0.15) is 35.4 Å². The number of aryl methyl sites for hydroxylation is 4. The van der Waals surface area contributed by atoms with E-state index in [1.807, 2.05) is 0 Å². The van der Waals surface area contributed by atoms with E-state index in [0.29, 0.717) is 0 Å². The second kappa shape index (κ2) is 13.8. The van der Waals surface area contributed by atoms with Crippen molar-refractivity contribution in [3.63, 3.8) is 0 Å². The van der Waals surface area contributed by atoms with Crippen LogP contribution in [0.15, 0.2) is 36.4 Å². The average molecular weight is 347 g/mol. The van der Waals surface area contributed by atoms with Crippen molar-refractivity contribution in [2.45, 2.75) is 41.5 Å². The Bertz CT molecular complexity index is 392. The molecule has 0 bridgehead atoms. The second-order valence-corrected chi connectivity index (χ2v) is 6.49. The zero-order valence-electron chi connectivity index (χ0n) is 13.2. The molecule has 112 valence electrons. The van der Waals surface area contributed by atoms with Crippen LogP contribution in [-0.4, -0.2) is 3.81 Å². The molecule has 0 amide bonds. The molecule has 3 heteroatoms. The van der Waals surface area contributed by atoms with Crippen LogP contribution in [0.3, 0.4) is 0 Å². The summed E-state index contributed by atoms with van der Waals surface area (Å²) in [6.07, 6.45) is 0. The number of rotatable bonds is 0. The van der Waals surface area contributed by atoms with Crippen LogP contribution in [0.25, 0.3) is 0 Å². The van der Waals surface area contributed by atoms with E-state index in [-0.39, 0.29) is 24.8 Å². The summed E-state index contributed by atoms with van der Waals surface area (Å²) in [5, 5.41) is 0. The number of hydrogen-bond acceptors (Lipinski definition) is 0. The Morgan fingerprint density at radius 2 is 1.05 bits per heavy atom. The molecule has 0 nitrogen and oxygen atoms in total. The Labute approximate surface area is 148 Å². The zero-order valence-corrected chi connectivity index (χ0v) is 16.3. The molecule has 0 aromatic heterocycles. The summed E-state index contributed by atoms with van der Waals surface area (Å²) >= 11 is 2.08. The molecule has 0 aliphatic rings. The van der Waals surface area contributed by atoms with Crippen molar-refractivity contribution < 1.29 is 44.8 Å². The van der Waals surface area contributed by atoms with Crippen LogP contribution in [0.5, 0.6) is 0 Å². The Morgan fingerprint density at radius 3 is 1.10 bits per heavy atom. The van der Waals surface area contributed by atoms with Gasteiger partial charge in [0.15, 0.2) is 0 Å². The standard InChI is InChI=1S/2C7H9.C3H6.2ClH.Ti/c2*1-6-3-4-7(2)5-6;1-3-2;;;/h2*3-5H,1-2H3;1-2H3;2*1H;/q2*-1;;;;+2/p-2. The summed E-state index contributed by atoms with van der Waals surface area (Å²) in [4.78, 5) is 0.